The normalized spacial score (nSPS) is 13.1. The van der Waals surface area contributed by atoms with Gasteiger partial charge >= 0.3 is 0 Å². The van der Waals surface area contributed by atoms with Crippen LogP contribution in [0.15, 0.2) is 60.9 Å². The fraction of sp³-hybridized carbons (Fsp3) is 0.240. The van der Waals surface area contributed by atoms with Crippen molar-refractivity contribution in [1.29, 1.82) is 0 Å². The fourth-order valence-electron chi connectivity index (χ4n) is 4.24. The highest BCUT2D eigenvalue weighted by molar-refractivity contribution is 6.05. The largest absolute Gasteiger partial charge is 0.328 e. The second-order valence-electron chi connectivity index (χ2n) is 8.06. The van der Waals surface area contributed by atoms with Crippen molar-refractivity contribution in [2.24, 2.45) is 0 Å². The number of nitrogens with one attached hydrogen (secondary N) is 1. The average molecular weight is 412 g/mol. The fourth-order valence-corrected chi connectivity index (χ4v) is 4.24. The lowest BCUT2D eigenvalue weighted by Gasteiger charge is -2.16. The third-order valence-corrected chi connectivity index (χ3v) is 6.00. The molecule has 0 saturated carbocycles. The van der Waals surface area contributed by atoms with Gasteiger partial charge in [-0.3, -0.25) is 4.79 Å². The molecule has 5 rings (SSSR count). The van der Waals surface area contributed by atoms with Crippen LogP contribution in [-0.4, -0.2) is 25.2 Å². The maximum absolute atomic E-state index is 12.9. The Labute approximate surface area is 181 Å². The van der Waals surface area contributed by atoms with E-state index in [4.69, 9.17) is 0 Å². The van der Waals surface area contributed by atoms with Crippen molar-refractivity contribution >= 4 is 11.6 Å². The minimum absolute atomic E-state index is 0.164. The molecule has 2 aromatic carbocycles. The van der Waals surface area contributed by atoms with Gasteiger partial charge in [-0.15, -0.1) is 0 Å². The predicted molar refractivity (Wildman–Crippen MR) is 122 cm³/mol. The Balaban J connectivity index is 1.35. The number of imidazole rings is 1. The number of amides is 1. The SMILES string of the molecule is Cc1ccccc1-n1ncc(C(=O)Nc2ccc(-c3ncc4n3CCCC4)cc2)c1C. The van der Waals surface area contributed by atoms with Crippen molar-refractivity contribution in [1.82, 2.24) is 19.3 Å². The Morgan fingerprint density at radius 2 is 1.81 bits per heavy atom. The molecule has 6 heteroatoms. The molecule has 1 amide bonds. The van der Waals surface area contributed by atoms with Crippen molar-refractivity contribution < 1.29 is 4.79 Å². The second-order valence-corrected chi connectivity index (χ2v) is 8.06. The number of hydrogen-bond donors (Lipinski definition) is 1. The lowest BCUT2D eigenvalue weighted by molar-refractivity contribution is 0.102. The van der Waals surface area contributed by atoms with E-state index < -0.39 is 0 Å². The number of aryl methyl sites for hydroxylation is 2. The van der Waals surface area contributed by atoms with E-state index >= 15 is 0 Å². The number of fused-ring (bicyclic) bond motifs is 1. The van der Waals surface area contributed by atoms with Gasteiger partial charge in [0.2, 0.25) is 0 Å². The summed E-state index contributed by atoms with van der Waals surface area (Å²) in [4.78, 5) is 17.5. The number of anilines is 1. The number of carbonyl (C=O) groups is 1. The Bertz CT molecular complexity index is 1250. The molecule has 1 N–H and O–H groups in total. The van der Waals surface area contributed by atoms with Gasteiger partial charge in [0.25, 0.3) is 5.91 Å². The van der Waals surface area contributed by atoms with Crippen LogP contribution >= 0.6 is 0 Å². The quantitative estimate of drug-likeness (QED) is 0.517. The zero-order valence-electron chi connectivity index (χ0n) is 17.8. The van der Waals surface area contributed by atoms with E-state index in [9.17, 15) is 4.79 Å². The van der Waals surface area contributed by atoms with Crippen molar-refractivity contribution in [3.8, 4) is 17.1 Å². The molecule has 0 bridgehead atoms. The molecule has 156 valence electrons. The third-order valence-electron chi connectivity index (χ3n) is 6.00. The molecule has 0 aliphatic carbocycles. The highest BCUT2D eigenvalue weighted by Crippen LogP contribution is 2.26. The van der Waals surface area contributed by atoms with E-state index in [-0.39, 0.29) is 5.91 Å². The van der Waals surface area contributed by atoms with Crippen LogP contribution in [0.1, 0.15) is 40.2 Å². The molecule has 0 unspecified atom stereocenters. The zero-order chi connectivity index (χ0) is 21.4. The summed E-state index contributed by atoms with van der Waals surface area (Å²) >= 11 is 0. The Hall–Kier alpha value is -3.67. The van der Waals surface area contributed by atoms with Crippen LogP contribution in [0.3, 0.4) is 0 Å². The minimum atomic E-state index is -0.164. The number of carbonyl (C=O) groups excluding carboxylic acids is 1. The van der Waals surface area contributed by atoms with Crippen LogP contribution in [0.4, 0.5) is 5.69 Å². The molecular weight excluding hydrogens is 386 g/mol. The third kappa shape index (κ3) is 3.54. The number of nitrogens with zero attached hydrogens (tertiary/aromatic N) is 4. The van der Waals surface area contributed by atoms with Gasteiger partial charge in [0, 0.05) is 29.7 Å². The van der Waals surface area contributed by atoms with Gasteiger partial charge in [-0.2, -0.15) is 5.10 Å². The molecule has 0 radical (unpaired) electrons. The van der Waals surface area contributed by atoms with Crippen molar-refractivity contribution in [3.63, 3.8) is 0 Å². The summed E-state index contributed by atoms with van der Waals surface area (Å²) in [5.74, 6) is 0.839. The van der Waals surface area contributed by atoms with Crippen LogP contribution in [0.2, 0.25) is 0 Å². The van der Waals surface area contributed by atoms with Gasteiger partial charge in [0.15, 0.2) is 0 Å². The Morgan fingerprint density at radius 1 is 1.00 bits per heavy atom. The highest BCUT2D eigenvalue weighted by atomic mass is 16.1. The zero-order valence-corrected chi connectivity index (χ0v) is 17.8. The molecule has 2 aromatic heterocycles. The number of benzene rings is 2. The molecule has 3 heterocycles. The molecule has 31 heavy (non-hydrogen) atoms. The first-order chi connectivity index (χ1) is 15.1. The van der Waals surface area contributed by atoms with Crippen LogP contribution < -0.4 is 5.32 Å². The van der Waals surface area contributed by atoms with Gasteiger partial charge in [0.1, 0.15) is 5.82 Å². The Kier molecular flexibility index (Phi) is 4.90. The van der Waals surface area contributed by atoms with Crippen molar-refractivity contribution in [2.45, 2.75) is 39.7 Å². The van der Waals surface area contributed by atoms with E-state index in [1.807, 2.05) is 73.3 Å². The van der Waals surface area contributed by atoms with Crippen LogP contribution in [0, 0.1) is 13.8 Å². The molecule has 4 aromatic rings. The van der Waals surface area contributed by atoms with E-state index in [1.165, 1.54) is 18.5 Å². The van der Waals surface area contributed by atoms with Crippen molar-refractivity contribution in [3.05, 3.63) is 83.4 Å². The summed E-state index contributed by atoms with van der Waals surface area (Å²) in [5.41, 5.74) is 6.59. The first-order valence-corrected chi connectivity index (χ1v) is 10.7. The molecule has 0 atom stereocenters. The summed E-state index contributed by atoms with van der Waals surface area (Å²) in [6.45, 7) is 4.97. The molecule has 0 spiro atoms. The summed E-state index contributed by atoms with van der Waals surface area (Å²) in [7, 11) is 0. The second kappa shape index (κ2) is 7.87. The molecular formula is C25H25N5O. The predicted octanol–water partition coefficient (Wildman–Crippen LogP) is 4.94. The first kappa shape index (κ1) is 19.3. The summed E-state index contributed by atoms with van der Waals surface area (Å²) < 4.78 is 4.12. The first-order valence-electron chi connectivity index (χ1n) is 10.7. The van der Waals surface area contributed by atoms with Crippen LogP contribution in [0.25, 0.3) is 17.1 Å². The van der Waals surface area contributed by atoms with Crippen LogP contribution in [0.5, 0.6) is 0 Å². The van der Waals surface area contributed by atoms with E-state index in [2.05, 4.69) is 20.0 Å². The monoisotopic (exact) mass is 411 g/mol. The van der Waals surface area contributed by atoms with Gasteiger partial charge in [-0.25, -0.2) is 9.67 Å². The van der Waals surface area contributed by atoms with E-state index in [1.54, 1.807) is 6.20 Å². The summed E-state index contributed by atoms with van der Waals surface area (Å²) in [6, 6.07) is 15.9. The molecule has 1 aliphatic rings. The number of para-hydroxylation sites is 1. The molecule has 6 nitrogen and oxygen atoms in total. The molecule has 0 saturated heterocycles. The standard InChI is InChI=1S/C25H25N5O/c1-17-7-3-4-9-23(17)30-18(2)22(16-27-30)25(31)28-20-12-10-19(11-13-20)24-26-15-21-8-5-6-14-29(21)24/h3-4,7,9-13,15-16H,5-6,8,14H2,1-2H3,(H,28,31). The van der Waals surface area contributed by atoms with Gasteiger partial charge in [0.05, 0.1) is 23.1 Å². The van der Waals surface area contributed by atoms with Gasteiger partial charge in [-0.1, -0.05) is 18.2 Å². The maximum Gasteiger partial charge on any atom is 0.259 e. The topological polar surface area (TPSA) is 64.7 Å². The van der Waals surface area contributed by atoms with Crippen molar-refractivity contribution in [2.75, 3.05) is 5.32 Å². The number of aromatic nitrogens is 4. The summed E-state index contributed by atoms with van der Waals surface area (Å²) in [5, 5.41) is 7.44. The smallest absolute Gasteiger partial charge is 0.259 e. The number of hydrogen-bond acceptors (Lipinski definition) is 3. The van der Waals surface area contributed by atoms with Gasteiger partial charge in [-0.05, 0) is 69.0 Å². The maximum atomic E-state index is 12.9. The number of rotatable bonds is 4. The summed E-state index contributed by atoms with van der Waals surface area (Å²) in [6.07, 6.45) is 7.13. The highest BCUT2D eigenvalue weighted by Gasteiger charge is 2.17. The molecule has 0 fully saturated rings. The van der Waals surface area contributed by atoms with Gasteiger partial charge < -0.3 is 9.88 Å². The minimum Gasteiger partial charge on any atom is -0.328 e. The molecule has 1 aliphatic heterocycles. The van der Waals surface area contributed by atoms with E-state index in [0.717, 1.165) is 47.0 Å². The van der Waals surface area contributed by atoms with E-state index in [0.29, 0.717) is 5.56 Å². The lowest BCUT2D eigenvalue weighted by atomic mass is 10.1. The lowest BCUT2D eigenvalue weighted by Crippen LogP contribution is -2.13. The average Bonchev–Trinajstić information content (AvgIpc) is 3.38. The van der Waals surface area contributed by atoms with Crippen LogP contribution in [-0.2, 0) is 13.0 Å². The Morgan fingerprint density at radius 3 is 2.61 bits per heavy atom.